The molecule has 2 heterocycles. The van der Waals surface area contributed by atoms with E-state index in [0.717, 1.165) is 0 Å². The van der Waals surface area contributed by atoms with Crippen LogP contribution in [0.15, 0.2) is 6.07 Å². The largest absolute Gasteiger partial charge is 0.377 e. The SMILES string of the molecule is COCc1nc(NN)cc(NC2CCS(=O)(=O)CC2)n1. The smallest absolute Gasteiger partial charge is 0.158 e. The number of anilines is 2. The summed E-state index contributed by atoms with van der Waals surface area (Å²) >= 11 is 0. The van der Waals surface area contributed by atoms with Crippen LogP contribution in [-0.4, -0.2) is 43.0 Å². The zero-order valence-corrected chi connectivity index (χ0v) is 12.1. The molecule has 1 aromatic rings. The predicted octanol–water partition coefficient (Wildman–Crippen LogP) is -0.102. The Morgan fingerprint density at radius 3 is 2.60 bits per heavy atom. The molecule has 0 spiro atoms. The van der Waals surface area contributed by atoms with E-state index in [-0.39, 0.29) is 24.2 Å². The van der Waals surface area contributed by atoms with Gasteiger partial charge >= 0.3 is 0 Å². The van der Waals surface area contributed by atoms with Crippen LogP contribution in [0.2, 0.25) is 0 Å². The lowest BCUT2D eigenvalue weighted by Gasteiger charge is -2.23. The lowest BCUT2D eigenvalue weighted by Crippen LogP contribution is -2.32. The molecule has 20 heavy (non-hydrogen) atoms. The molecule has 0 aliphatic carbocycles. The van der Waals surface area contributed by atoms with Crippen molar-refractivity contribution in [3.63, 3.8) is 0 Å². The molecular formula is C11H19N5O3S. The highest BCUT2D eigenvalue weighted by Crippen LogP contribution is 2.18. The topological polar surface area (TPSA) is 119 Å². The highest BCUT2D eigenvalue weighted by atomic mass is 32.2. The number of rotatable bonds is 5. The Kier molecular flexibility index (Phi) is 4.73. The first-order chi connectivity index (χ1) is 9.52. The Bertz CT molecular complexity index is 549. The van der Waals surface area contributed by atoms with Gasteiger partial charge in [-0.2, -0.15) is 0 Å². The van der Waals surface area contributed by atoms with Crippen molar-refractivity contribution in [2.75, 3.05) is 29.4 Å². The summed E-state index contributed by atoms with van der Waals surface area (Å²) in [5.41, 5.74) is 2.47. The minimum Gasteiger partial charge on any atom is -0.377 e. The molecule has 0 aromatic carbocycles. The fraction of sp³-hybridized carbons (Fsp3) is 0.636. The van der Waals surface area contributed by atoms with Crippen molar-refractivity contribution < 1.29 is 13.2 Å². The number of aromatic nitrogens is 2. The van der Waals surface area contributed by atoms with E-state index in [1.165, 1.54) is 0 Å². The molecule has 1 saturated heterocycles. The number of nitrogen functional groups attached to an aromatic ring is 1. The minimum absolute atomic E-state index is 0.0921. The van der Waals surface area contributed by atoms with E-state index in [4.69, 9.17) is 10.6 Å². The average Bonchev–Trinajstić information content (AvgIpc) is 2.41. The third kappa shape index (κ3) is 4.02. The van der Waals surface area contributed by atoms with Crippen molar-refractivity contribution in [3.8, 4) is 0 Å². The third-order valence-corrected chi connectivity index (χ3v) is 4.82. The third-order valence-electron chi connectivity index (χ3n) is 3.10. The van der Waals surface area contributed by atoms with E-state index >= 15 is 0 Å². The maximum absolute atomic E-state index is 11.4. The number of hydrogen-bond acceptors (Lipinski definition) is 8. The van der Waals surface area contributed by atoms with E-state index in [1.807, 2.05) is 0 Å². The van der Waals surface area contributed by atoms with E-state index < -0.39 is 9.84 Å². The zero-order chi connectivity index (χ0) is 14.6. The molecule has 0 atom stereocenters. The van der Waals surface area contributed by atoms with Crippen LogP contribution in [0, 0.1) is 0 Å². The van der Waals surface area contributed by atoms with E-state index in [1.54, 1.807) is 13.2 Å². The van der Waals surface area contributed by atoms with Gasteiger partial charge in [0.25, 0.3) is 0 Å². The average molecular weight is 301 g/mol. The quantitative estimate of drug-likeness (QED) is 0.509. The van der Waals surface area contributed by atoms with E-state index in [9.17, 15) is 8.42 Å². The Balaban J connectivity index is 2.07. The summed E-state index contributed by atoms with van der Waals surface area (Å²) in [6.45, 7) is 0.281. The van der Waals surface area contributed by atoms with Gasteiger partial charge in [0, 0.05) is 19.2 Å². The van der Waals surface area contributed by atoms with Crippen LogP contribution in [0.25, 0.3) is 0 Å². The van der Waals surface area contributed by atoms with Gasteiger partial charge in [0.1, 0.15) is 28.1 Å². The van der Waals surface area contributed by atoms with Gasteiger partial charge in [-0.1, -0.05) is 0 Å². The van der Waals surface area contributed by atoms with Crippen LogP contribution in [-0.2, 0) is 21.2 Å². The molecule has 1 aromatic heterocycles. The van der Waals surface area contributed by atoms with Crippen LogP contribution < -0.4 is 16.6 Å². The number of nitrogens with two attached hydrogens (primary N) is 1. The molecule has 1 aliphatic heterocycles. The van der Waals surface area contributed by atoms with Gasteiger partial charge in [-0.05, 0) is 12.8 Å². The summed E-state index contributed by atoms with van der Waals surface area (Å²) in [7, 11) is -1.30. The van der Waals surface area contributed by atoms with Crippen molar-refractivity contribution in [1.82, 2.24) is 9.97 Å². The predicted molar refractivity (Wildman–Crippen MR) is 75.9 cm³/mol. The number of sulfone groups is 1. The molecule has 8 nitrogen and oxygen atoms in total. The summed E-state index contributed by atoms with van der Waals surface area (Å²) in [5.74, 6) is 7.39. The van der Waals surface area contributed by atoms with Gasteiger partial charge in [0.2, 0.25) is 0 Å². The Hall–Kier alpha value is -1.45. The second-order valence-corrected chi connectivity index (χ2v) is 7.01. The summed E-state index contributed by atoms with van der Waals surface area (Å²) in [6.07, 6.45) is 1.16. The fourth-order valence-corrected chi connectivity index (χ4v) is 3.57. The van der Waals surface area contributed by atoms with Crippen LogP contribution in [0.5, 0.6) is 0 Å². The minimum atomic E-state index is -2.86. The van der Waals surface area contributed by atoms with Crippen LogP contribution in [0.3, 0.4) is 0 Å². The number of methoxy groups -OCH3 is 1. The Morgan fingerprint density at radius 2 is 2.00 bits per heavy atom. The van der Waals surface area contributed by atoms with Gasteiger partial charge in [-0.15, -0.1) is 0 Å². The van der Waals surface area contributed by atoms with E-state index in [2.05, 4.69) is 20.7 Å². The van der Waals surface area contributed by atoms with Gasteiger partial charge in [-0.3, -0.25) is 0 Å². The zero-order valence-electron chi connectivity index (χ0n) is 11.3. The summed E-state index contributed by atoms with van der Waals surface area (Å²) in [4.78, 5) is 8.46. The monoisotopic (exact) mass is 301 g/mol. The van der Waals surface area contributed by atoms with Gasteiger partial charge in [0.05, 0.1) is 11.5 Å². The molecule has 0 unspecified atom stereocenters. The van der Waals surface area contributed by atoms with E-state index in [0.29, 0.717) is 30.3 Å². The van der Waals surface area contributed by atoms with Crippen molar-refractivity contribution in [2.45, 2.75) is 25.5 Å². The van der Waals surface area contributed by atoms with Crippen LogP contribution in [0.1, 0.15) is 18.7 Å². The van der Waals surface area contributed by atoms with Gasteiger partial charge in [-0.25, -0.2) is 24.2 Å². The molecule has 9 heteroatoms. The standard InChI is InChI=1S/C11H19N5O3S/c1-19-7-11-14-9(6-10(15-11)16-12)13-8-2-4-20(17,18)5-3-8/h6,8H,2-5,7,12H2,1H3,(H2,13,14,15,16). The molecule has 1 aliphatic rings. The number of nitrogens with zero attached hydrogens (tertiary/aromatic N) is 2. The fourth-order valence-electron chi connectivity index (χ4n) is 2.08. The summed E-state index contributed by atoms with van der Waals surface area (Å²) in [5, 5.41) is 3.23. The lowest BCUT2D eigenvalue weighted by molar-refractivity contribution is 0.178. The lowest BCUT2D eigenvalue weighted by atomic mass is 10.1. The van der Waals surface area contributed by atoms with Crippen molar-refractivity contribution in [3.05, 3.63) is 11.9 Å². The number of hydrazine groups is 1. The molecule has 112 valence electrons. The molecule has 0 radical (unpaired) electrons. The highest BCUT2D eigenvalue weighted by molar-refractivity contribution is 7.91. The maximum Gasteiger partial charge on any atom is 0.158 e. The normalized spacial score (nSPS) is 18.7. The molecule has 0 bridgehead atoms. The van der Waals surface area contributed by atoms with Crippen molar-refractivity contribution in [1.29, 1.82) is 0 Å². The van der Waals surface area contributed by atoms with Crippen LogP contribution >= 0.6 is 0 Å². The maximum atomic E-state index is 11.4. The first kappa shape index (κ1) is 14.9. The number of ether oxygens (including phenoxy) is 1. The molecule has 0 saturated carbocycles. The van der Waals surface area contributed by atoms with Gasteiger partial charge < -0.3 is 15.5 Å². The summed E-state index contributed by atoms with van der Waals surface area (Å²) in [6, 6.07) is 1.77. The summed E-state index contributed by atoms with van der Waals surface area (Å²) < 4.78 is 27.8. The molecule has 0 amide bonds. The first-order valence-corrected chi connectivity index (χ1v) is 8.15. The van der Waals surface area contributed by atoms with Crippen LogP contribution in [0.4, 0.5) is 11.6 Å². The van der Waals surface area contributed by atoms with Crippen molar-refractivity contribution >= 4 is 21.5 Å². The molecular weight excluding hydrogens is 282 g/mol. The van der Waals surface area contributed by atoms with Crippen molar-refractivity contribution in [2.24, 2.45) is 5.84 Å². The molecule has 1 fully saturated rings. The van der Waals surface area contributed by atoms with Gasteiger partial charge in [0.15, 0.2) is 5.82 Å². The Labute approximate surface area is 118 Å². The Morgan fingerprint density at radius 1 is 1.35 bits per heavy atom. The first-order valence-electron chi connectivity index (χ1n) is 6.33. The second-order valence-electron chi connectivity index (χ2n) is 4.70. The molecule has 4 N–H and O–H groups in total. The number of nitrogens with one attached hydrogen (secondary N) is 2. The highest BCUT2D eigenvalue weighted by Gasteiger charge is 2.23. The second kappa shape index (κ2) is 6.33. The number of hydrogen-bond donors (Lipinski definition) is 3. The molecule has 2 rings (SSSR count).